The average molecular weight is 330 g/mol. The number of hydrogen-bond donors (Lipinski definition) is 1. The fourth-order valence-corrected chi connectivity index (χ4v) is 3.48. The highest BCUT2D eigenvalue weighted by atomic mass is 16.2. The van der Waals surface area contributed by atoms with Crippen LogP contribution >= 0.6 is 0 Å². The van der Waals surface area contributed by atoms with Crippen molar-refractivity contribution in [3.63, 3.8) is 0 Å². The molecule has 2 rings (SSSR count). The number of amides is 2. The molecule has 1 aliphatic rings. The highest BCUT2D eigenvalue weighted by molar-refractivity contribution is 5.95. The van der Waals surface area contributed by atoms with Gasteiger partial charge < -0.3 is 10.2 Å². The van der Waals surface area contributed by atoms with Crippen LogP contribution in [-0.2, 0) is 9.59 Å². The predicted octanol–water partition coefficient (Wildman–Crippen LogP) is 3.68. The number of benzene rings is 1. The number of carbonyl (C=O) groups is 2. The van der Waals surface area contributed by atoms with E-state index in [1.54, 1.807) is 0 Å². The molecule has 1 aliphatic carbocycles. The number of nitrogens with zero attached hydrogens (tertiary/aromatic N) is 1. The van der Waals surface area contributed by atoms with E-state index < -0.39 is 0 Å². The summed E-state index contributed by atoms with van der Waals surface area (Å²) in [5.74, 6) is 0.486. The van der Waals surface area contributed by atoms with Gasteiger partial charge in [0.2, 0.25) is 11.8 Å². The SMILES string of the molecule is CCCNC(=O)C1CCC(C(=O)N(CC)c2cccc(C)c2)CC1. The quantitative estimate of drug-likeness (QED) is 0.865. The van der Waals surface area contributed by atoms with Gasteiger partial charge in [-0.1, -0.05) is 19.1 Å². The fourth-order valence-electron chi connectivity index (χ4n) is 3.48. The summed E-state index contributed by atoms with van der Waals surface area (Å²) in [6, 6.07) is 8.10. The van der Waals surface area contributed by atoms with Gasteiger partial charge in [-0.3, -0.25) is 9.59 Å². The number of hydrogen-bond acceptors (Lipinski definition) is 2. The third-order valence-electron chi connectivity index (χ3n) is 4.89. The Kier molecular flexibility index (Phi) is 6.83. The van der Waals surface area contributed by atoms with Gasteiger partial charge in [-0.05, 0) is 63.6 Å². The minimum Gasteiger partial charge on any atom is -0.356 e. The first kappa shape index (κ1) is 18.5. The van der Waals surface area contributed by atoms with Crippen molar-refractivity contribution >= 4 is 17.5 Å². The van der Waals surface area contributed by atoms with Gasteiger partial charge in [0, 0.05) is 30.6 Å². The lowest BCUT2D eigenvalue weighted by Crippen LogP contribution is -2.40. The summed E-state index contributed by atoms with van der Waals surface area (Å²) < 4.78 is 0. The molecule has 0 atom stereocenters. The summed E-state index contributed by atoms with van der Waals surface area (Å²) in [6.45, 7) is 7.54. The second kappa shape index (κ2) is 8.86. The van der Waals surface area contributed by atoms with Crippen molar-refractivity contribution in [1.82, 2.24) is 5.32 Å². The van der Waals surface area contributed by atoms with E-state index in [2.05, 4.69) is 18.3 Å². The minimum absolute atomic E-state index is 0.0423. The van der Waals surface area contributed by atoms with Crippen LogP contribution < -0.4 is 10.2 Å². The number of rotatable bonds is 6. The number of carbonyl (C=O) groups excluding carboxylic acids is 2. The second-order valence-corrected chi connectivity index (χ2v) is 6.76. The Hall–Kier alpha value is -1.84. The molecule has 0 heterocycles. The molecule has 0 saturated heterocycles. The van der Waals surface area contributed by atoms with Crippen LogP contribution in [0.3, 0.4) is 0 Å². The summed E-state index contributed by atoms with van der Waals surface area (Å²) >= 11 is 0. The highest BCUT2D eigenvalue weighted by Crippen LogP contribution is 2.31. The second-order valence-electron chi connectivity index (χ2n) is 6.76. The van der Waals surface area contributed by atoms with Crippen LogP contribution in [0.1, 0.15) is 51.5 Å². The van der Waals surface area contributed by atoms with E-state index in [-0.39, 0.29) is 23.7 Å². The number of nitrogens with one attached hydrogen (secondary N) is 1. The zero-order chi connectivity index (χ0) is 17.5. The minimum atomic E-state index is 0.0423. The molecule has 2 amide bonds. The maximum atomic E-state index is 12.9. The van der Waals surface area contributed by atoms with Crippen molar-refractivity contribution in [3.8, 4) is 0 Å². The molecule has 0 bridgehead atoms. The topological polar surface area (TPSA) is 49.4 Å². The van der Waals surface area contributed by atoms with E-state index in [1.807, 2.05) is 36.9 Å². The molecule has 4 nitrogen and oxygen atoms in total. The molecule has 0 radical (unpaired) electrons. The molecular weight excluding hydrogens is 300 g/mol. The van der Waals surface area contributed by atoms with Gasteiger partial charge in [0.1, 0.15) is 0 Å². The molecule has 0 spiro atoms. The molecule has 1 aromatic rings. The van der Waals surface area contributed by atoms with E-state index in [1.165, 1.54) is 0 Å². The third kappa shape index (κ3) is 4.59. The largest absolute Gasteiger partial charge is 0.356 e. The zero-order valence-corrected chi connectivity index (χ0v) is 15.2. The Labute approximate surface area is 145 Å². The normalized spacial score (nSPS) is 20.5. The van der Waals surface area contributed by atoms with Crippen LogP contribution in [0.25, 0.3) is 0 Å². The molecule has 0 unspecified atom stereocenters. The summed E-state index contributed by atoms with van der Waals surface area (Å²) in [4.78, 5) is 26.9. The van der Waals surface area contributed by atoms with E-state index in [0.717, 1.165) is 49.9 Å². The average Bonchev–Trinajstić information content (AvgIpc) is 2.60. The fraction of sp³-hybridized carbons (Fsp3) is 0.600. The first-order valence-electron chi connectivity index (χ1n) is 9.22. The molecule has 4 heteroatoms. The maximum Gasteiger partial charge on any atom is 0.230 e. The van der Waals surface area contributed by atoms with Gasteiger partial charge in [0.25, 0.3) is 0 Å². The van der Waals surface area contributed by atoms with E-state index >= 15 is 0 Å². The van der Waals surface area contributed by atoms with Crippen LogP contribution in [0.2, 0.25) is 0 Å². The Bertz CT molecular complexity index is 563. The highest BCUT2D eigenvalue weighted by Gasteiger charge is 2.32. The zero-order valence-electron chi connectivity index (χ0n) is 15.2. The molecule has 24 heavy (non-hydrogen) atoms. The molecule has 1 aromatic carbocycles. The van der Waals surface area contributed by atoms with Crippen molar-refractivity contribution in [1.29, 1.82) is 0 Å². The maximum absolute atomic E-state index is 12.9. The van der Waals surface area contributed by atoms with Crippen LogP contribution in [0.4, 0.5) is 5.69 Å². The van der Waals surface area contributed by atoms with Gasteiger partial charge in [-0.15, -0.1) is 0 Å². The smallest absolute Gasteiger partial charge is 0.230 e. The van der Waals surface area contributed by atoms with Crippen molar-refractivity contribution in [2.24, 2.45) is 11.8 Å². The number of aryl methyl sites for hydroxylation is 1. The van der Waals surface area contributed by atoms with Gasteiger partial charge in [-0.2, -0.15) is 0 Å². The summed E-state index contributed by atoms with van der Waals surface area (Å²) in [5.41, 5.74) is 2.14. The molecule has 132 valence electrons. The summed E-state index contributed by atoms with van der Waals surface area (Å²) in [7, 11) is 0. The van der Waals surface area contributed by atoms with Crippen LogP contribution in [0.15, 0.2) is 24.3 Å². The van der Waals surface area contributed by atoms with Gasteiger partial charge in [0.15, 0.2) is 0 Å². The molecule has 0 aromatic heterocycles. The molecule has 1 N–H and O–H groups in total. The summed E-state index contributed by atoms with van der Waals surface area (Å²) in [6.07, 6.45) is 4.22. The molecule has 1 fully saturated rings. The lowest BCUT2D eigenvalue weighted by molar-refractivity contribution is -0.129. The lowest BCUT2D eigenvalue weighted by atomic mass is 9.80. The van der Waals surface area contributed by atoms with Crippen molar-refractivity contribution in [2.75, 3.05) is 18.0 Å². The van der Waals surface area contributed by atoms with Crippen molar-refractivity contribution in [3.05, 3.63) is 29.8 Å². The Balaban J connectivity index is 1.95. The van der Waals surface area contributed by atoms with Crippen LogP contribution in [0, 0.1) is 18.8 Å². The van der Waals surface area contributed by atoms with Crippen molar-refractivity contribution < 1.29 is 9.59 Å². The van der Waals surface area contributed by atoms with Crippen LogP contribution in [-0.4, -0.2) is 24.9 Å². The van der Waals surface area contributed by atoms with Gasteiger partial charge in [0.05, 0.1) is 0 Å². The first-order chi connectivity index (χ1) is 11.6. The number of anilines is 1. The van der Waals surface area contributed by atoms with E-state index in [0.29, 0.717) is 6.54 Å². The standard InChI is InChI=1S/C20H30N2O2/c1-4-13-21-19(23)16-9-11-17(12-10-16)20(24)22(5-2)18-8-6-7-15(3)14-18/h6-8,14,16-17H,4-5,9-13H2,1-3H3,(H,21,23). The monoisotopic (exact) mass is 330 g/mol. The van der Waals surface area contributed by atoms with Gasteiger partial charge >= 0.3 is 0 Å². The Morgan fingerprint density at radius 1 is 1.12 bits per heavy atom. The lowest BCUT2D eigenvalue weighted by Gasteiger charge is -2.31. The third-order valence-corrected chi connectivity index (χ3v) is 4.89. The van der Waals surface area contributed by atoms with Crippen LogP contribution in [0.5, 0.6) is 0 Å². The van der Waals surface area contributed by atoms with E-state index in [9.17, 15) is 9.59 Å². The Morgan fingerprint density at radius 2 is 1.79 bits per heavy atom. The van der Waals surface area contributed by atoms with Crippen molar-refractivity contribution in [2.45, 2.75) is 52.9 Å². The molecule has 1 saturated carbocycles. The van der Waals surface area contributed by atoms with Gasteiger partial charge in [-0.25, -0.2) is 0 Å². The Morgan fingerprint density at radius 3 is 2.38 bits per heavy atom. The van der Waals surface area contributed by atoms with E-state index in [4.69, 9.17) is 0 Å². The predicted molar refractivity (Wildman–Crippen MR) is 98.0 cm³/mol. The molecule has 0 aliphatic heterocycles. The molecular formula is C20H30N2O2. The summed E-state index contributed by atoms with van der Waals surface area (Å²) in [5, 5.41) is 2.98. The first-order valence-corrected chi connectivity index (χ1v) is 9.22.